The third-order valence-corrected chi connectivity index (χ3v) is 7.80. The summed E-state index contributed by atoms with van der Waals surface area (Å²) in [7, 11) is -3.60. The van der Waals surface area contributed by atoms with Gasteiger partial charge in [0.25, 0.3) is 0 Å². The predicted molar refractivity (Wildman–Crippen MR) is 118 cm³/mol. The first-order chi connectivity index (χ1) is 14.1. The van der Waals surface area contributed by atoms with Crippen LogP contribution >= 0.6 is 11.8 Å². The Kier molecular flexibility index (Phi) is 8.27. The number of rotatable bonds is 10. The number of fused-ring (bicyclic) bond motifs is 1. The van der Waals surface area contributed by atoms with Crippen LogP contribution in [-0.4, -0.2) is 52.6 Å². The van der Waals surface area contributed by atoms with Crippen LogP contribution in [0.3, 0.4) is 0 Å². The maximum Gasteiger partial charge on any atom is 0.318 e. The van der Waals surface area contributed by atoms with E-state index in [-0.39, 0.29) is 4.90 Å². The molecular weight excluding hydrogens is 426 g/mol. The molecule has 1 aromatic carbocycles. The van der Waals surface area contributed by atoms with E-state index in [1.54, 1.807) is 39.0 Å². The SMILES string of the molecule is CCCCn1c(SC(C)C(=O)NC(N)=O)nc2cc(S(=O)(=O)N(CC)CC)ccc21. The molecule has 1 aromatic heterocycles. The fourth-order valence-electron chi connectivity index (χ4n) is 3.02. The van der Waals surface area contributed by atoms with Gasteiger partial charge in [-0.25, -0.2) is 18.2 Å². The summed E-state index contributed by atoms with van der Waals surface area (Å²) in [6, 6.07) is 4.02. The van der Waals surface area contributed by atoms with E-state index < -0.39 is 27.2 Å². The molecule has 0 saturated heterocycles. The third kappa shape index (κ3) is 5.32. The molecule has 1 heterocycles. The number of unbranched alkanes of at least 4 members (excludes halogenated alkanes) is 1. The highest BCUT2D eigenvalue weighted by Gasteiger charge is 2.24. The summed E-state index contributed by atoms with van der Waals surface area (Å²) in [6.45, 7) is 8.78. The second-order valence-electron chi connectivity index (χ2n) is 6.75. The summed E-state index contributed by atoms with van der Waals surface area (Å²) in [5.74, 6) is -0.508. The zero-order valence-corrected chi connectivity index (χ0v) is 19.3. The summed E-state index contributed by atoms with van der Waals surface area (Å²) >= 11 is 1.20. The van der Waals surface area contributed by atoms with Crippen LogP contribution in [0, 0.1) is 0 Å². The van der Waals surface area contributed by atoms with Gasteiger partial charge < -0.3 is 10.3 Å². The number of hydrogen-bond donors (Lipinski definition) is 2. The number of amides is 3. The van der Waals surface area contributed by atoms with Crippen molar-refractivity contribution in [3.05, 3.63) is 18.2 Å². The van der Waals surface area contributed by atoms with Crippen molar-refractivity contribution in [3.8, 4) is 0 Å². The molecule has 0 aliphatic rings. The van der Waals surface area contributed by atoms with Gasteiger partial charge in [-0.1, -0.05) is 39.0 Å². The van der Waals surface area contributed by atoms with Gasteiger partial charge in [0.15, 0.2) is 5.16 Å². The van der Waals surface area contributed by atoms with Crippen LogP contribution in [0.25, 0.3) is 11.0 Å². The van der Waals surface area contributed by atoms with E-state index in [1.807, 2.05) is 4.57 Å². The first kappa shape index (κ1) is 24.2. The molecule has 0 aliphatic heterocycles. The van der Waals surface area contributed by atoms with Crippen LogP contribution in [0.15, 0.2) is 28.3 Å². The summed E-state index contributed by atoms with van der Waals surface area (Å²) in [4.78, 5) is 27.8. The number of nitrogens with one attached hydrogen (secondary N) is 1. The van der Waals surface area contributed by atoms with Crippen molar-refractivity contribution >= 4 is 44.8 Å². The molecule has 9 nitrogen and oxygen atoms in total. The summed E-state index contributed by atoms with van der Waals surface area (Å²) in [5, 5.41) is 2.05. The number of carbonyl (C=O) groups is 2. The molecule has 0 spiro atoms. The van der Waals surface area contributed by atoms with Gasteiger partial charge >= 0.3 is 6.03 Å². The van der Waals surface area contributed by atoms with Crippen molar-refractivity contribution < 1.29 is 18.0 Å². The van der Waals surface area contributed by atoms with E-state index in [9.17, 15) is 18.0 Å². The van der Waals surface area contributed by atoms with E-state index in [1.165, 1.54) is 16.1 Å². The number of aryl methyl sites for hydroxylation is 1. The molecule has 0 saturated carbocycles. The summed E-state index contributed by atoms with van der Waals surface area (Å²) < 4.78 is 29.1. The molecule has 3 amide bonds. The van der Waals surface area contributed by atoms with Crippen molar-refractivity contribution in [2.75, 3.05) is 13.1 Å². The number of carbonyl (C=O) groups excluding carboxylic acids is 2. The van der Waals surface area contributed by atoms with Gasteiger partial charge in [0.05, 0.1) is 21.2 Å². The van der Waals surface area contributed by atoms with E-state index in [0.29, 0.717) is 30.3 Å². The maximum atomic E-state index is 12.9. The third-order valence-electron chi connectivity index (χ3n) is 4.66. The number of imide groups is 1. The number of imidazole rings is 1. The predicted octanol–water partition coefficient (Wildman–Crippen LogP) is 2.54. The first-order valence-electron chi connectivity index (χ1n) is 9.93. The fraction of sp³-hybridized carbons (Fsp3) is 0.526. The molecule has 0 radical (unpaired) electrons. The van der Waals surface area contributed by atoms with Crippen LogP contribution < -0.4 is 11.1 Å². The van der Waals surface area contributed by atoms with E-state index in [4.69, 9.17) is 5.73 Å². The maximum absolute atomic E-state index is 12.9. The molecule has 1 unspecified atom stereocenters. The number of thioether (sulfide) groups is 1. The Balaban J connectivity index is 2.47. The molecule has 2 aromatic rings. The molecule has 11 heteroatoms. The molecule has 3 N–H and O–H groups in total. The number of nitrogens with zero attached hydrogens (tertiary/aromatic N) is 3. The van der Waals surface area contributed by atoms with Crippen LogP contribution in [0.5, 0.6) is 0 Å². The minimum Gasteiger partial charge on any atom is -0.351 e. The monoisotopic (exact) mass is 455 g/mol. The Hall–Kier alpha value is -2.11. The lowest BCUT2D eigenvalue weighted by Crippen LogP contribution is -2.39. The van der Waals surface area contributed by atoms with Gasteiger partial charge in [-0.3, -0.25) is 10.1 Å². The van der Waals surface area contributed by atoms with Crippen molar-refractivity contribution in [3.63, 3.8) is 0 Å². The lowest BCUT2D eigenvalue weighted by Gasteiger charge is -2.18. The molecule has 0 aliphatic carbocycles. The van der Waals surface area contributed by atoms with Crippen molar-refractivity contribution in [2.45, 2.75) is 62.4 Å². The van der Waals surface area contributed by atoms with Gasteiger partial charge in [0.2, 0.25) is 15.9 Å². The standard InChI is InChI=1S/C19H29N5O4S2/c1-5-8-11-24-16-10-9-14(30(27,28)23(6-2)7-3)12-15(16)21-19(24)29-13(4)17(25)22-18(20)26/h9-10,12-13H,5-8,11H2,1-4H3,(H3,20,22,25,26). The molecule has 30 heavy (non-hydrogen) atoms. The minimum atomic E-state index is -3.60. The van der Waals surface area contributed by atoms with Gasteiger partial charge in [0.1, 0.15) is 0 Å². The number of aromatic nitrogens is 2. The molecular formula is C19H29N5O4S2. The van der Waals surface area contributed by atoms with Gasteiger partial charge in [0, 0.05) is 19.6 Å². The second-order valence-corrected chi connectivity index (χ2v) is 10.00. The van der Waals surface area contributed by atoms with Crippen LogP contribution in [0.4, 0.5) is 4.79 Å². The first-order valence-corrected chi connectivity index (χ1v) is 12.2. The topological polar surface area (TPSA) is 127 Å². The normalized spacial score (nSPS) is 13.0. The number of urea groups is 1. The van der Waals surface area contributed by atoms with Crippen LogP contribution in [-0.2, 0) is 21.4 Å². The Morgan fingerprint density at radius 2 is 1.93 bits per heavy atom. The number of nitrogens with two attached hydrogens (primary N) is 1. The zero-order chi connectivity index (χ0) is 22.5. The zero-order valence-electron chi connectivity index (χ0n) is 17.7. The average molecular weight is 456 g/mol. The lowest BCUT2D eigenvalue weighted by atomic mass is 10.3. The number of benzene rings is 1. The van der Waals surface area contributed by atoms with Gasteiger partial charge in [-0.15, -0.1) is 0 Å². The highest BCUT2D eigenvalue weighted by Crippen LogP contribution is 2.30. The van der Waals surface area contributed by atoms with Gasteiger partial charge in [-0.2, -0.15) is 4.31 Å². The van der Waals surface area contributed by atoms with Crippen LogP contribution in [0.1, 0.15) is 40.5 Å². The number of hydrogen-bond acceptors (Lipinski definition) is 6. The van der Waals surface area contributed by atoms with Crippen LogP contribution in [0.2, 0.25) is 0 Å². The molecule has 2 rings (SSSR count). The number of primary amides is 1. The van der Waals surface area contributed by atoms with E-state index >= 15 is 0 Å². The highest BCUT2D eigenvalue weighted by molar-refractivity contribution is 8.00. The molecule has 0 bridgehead atoms. The molecule has 166 valence electrons. The minimum absolute atomic E-state index is 0.190. The second kappa shape index (κ2) is 10.3. The quantitative estimate of drug-likeness (QED) is 0.530. The smallest absolute Gasteiger partial charge is 0.318 e. The largest absolute Gasteiger partial charge is 0.351 e. The van der Waals surface area contributed by atoms with Crippen molar-refractivity contribution in [1.82, 2.24) is 19.2 Å². The lowest BCUT2D eigenvalue weighted by molar-refractivity contribution is -0.119. The number of sulfonamides is 1. The van der Waals surface area contributed by atoms with Crippen molar-refractivity contribution in [2.24, 2.45) is 5.73 Å². The highest BCUT2D eigenvalue weighted by atomic mass is 32.2. The van der Waals surface area contributed by atoms with Crippen molar-refractivity contribution in [1.29, 1.82) is 0 Å². The Morgan fingerprint density at radius 3 is 2.50 bits per heavy atom. The Bertz CT molecular complexity index is 1020. The Labute approximate surface area is 181 Å². The fourth-order valence-corrected chi connectivity index (χ4v) is 5.45. The molecule has 1 atom stereocenters. The summed E-state index contributed by atoms with van der Waals surface area (Å²) in [6.07, 6.45) is 1.87. The van der Waals surface area contributed by atoms with E-state index in [2.05, 4.69) is 17.2 Å². The molecule has 0 fully saturated rings. The van der Waals surface area contributed by atoms with Gasteiger partial charge in [-0.05, 0) is 31.5 Å². The van der Waals surface area contributed by atoms with E-state index in [0.717, 1.165) is 18.4 Å². The average Bonchev–Trinajstić information content (AvgIpc) is 3.02. The summed E-state index contributed by atoms with van der Waals surface area (Å²) in [5.41, 5.74) is 6.37. The Morgan fingerprint density at radius 1 is 1.27 bits per heavy atom.